The summed E-state index contributed by atoms with van der Waals surface area (Å²) in [5.74, 6) is 1.07. The van der Waals surface area contributed by atoms with Crippen molar-refractivity contribution in [2.45, 2.75) is 30.6 Å². The number of hydrogen-bond acceptors (Lipinski definition) is 2. The average molecular weight is 256 g/mol. The van der Waals surface area contributed by atoms with Gasteiger partial charge < -0.3 is 5.73 Å². The van der Waals surface area contributed by atoms with Crippen LogP contribution in [0.4, 0.5) is 5.69 Å². The molecule has 3 heteroatoms. The molecule has 0 unspecified atom stereocenters. The molecule has 0 spiro atoms. The van der Waals surface area contributed by atoms with Crippen LogP contribution in [-0.4, -0.2) is 5.75 Å². The first-order valence-corrected chi connectivity index (χ1v) is 6.89. The van der Waals surface area contributed by atoms with Gasteiger partial charge in [-0.05, 0) is 37.1 Å². The Hall–Kier alpha value is -0.600. The number of anilines is 1. The Morgan fingerprint density at radius 1 is 1.31 bits per heavy atom. The van der Waals surface area contributed by atoms with Crippen molar-refractivity contribution in [3.63, 3.8) is 0 Å². The van der Waals surface area contributed by atoms with Gasteiger partial charge in [-0.1, -0.05) is 30.2 Å². The van der Waals surface area contributed by atoms with Crippen LogP contribution in [0.15, 0.2) is 35.7 Å². The van der Waals surface area contributed by atoms with Crippen LogP contribution in [0, 0.1) is 0 Å². The molecule has 16 heavy (non-hydrogen) atoms. The van der Waals surface area contributed by atoms with Crippen molar-refractivity contribution in [2.24, 2.45) is 0 Å². The van der Waals surface area contributed by atoms with E-state index in [1.165, 1.54) is 19.3 Å². The Kier molecular flexibility index (Phi) is 6.43. The molecule has 0 fully saturated rings. The highest BCUT2D eigenvalue weighted by atomic mass is 35.5. The van der Waals surface area contributed by atoms with Crippen LogP contribution in [0.3, 0.4) is 0 Å². The van der Waals surface area contributed by atoms with E-state index in [0.717, 1.165) is 27.8 Å². The van der Waals surface area contributed by atoms with Crippen LogP contribution in [0.1, 0.15) is 25.7 Å². The first-order chi connectivity index (χ1) is 7.75. The van der Waals surface area contributed by atoms with Crippen LogP contribution < -0.4 is 5.73 Å². The molecule has 0 aliphatic rings. The number of rotatable bonds is 7. The molecule has 88 valence electrons. The van der Waals surface area contributed by atoms with E-state index in [1.807, 2.05) is 24.3 Å². The molecular weight excluding hydrogens is 238 g/mol. The van der Waals surface area contributed by atoms with Crippen molar-refractivity contribution in [3.8, 4) is 0 Å². The number of allylic oxidation sites excluding steroid dienone is 1. The third-order valence-electron chi connectivity index (χ3n) is 2.30. The quantitative estimate of drug-likeness (QED) is 0.329. The van der Waals surface area contributed by atoms with Gasteiger partial charge in [0.25, 0.3) is 0 Å². The maximum atomic E-state index is 6.08. The zero-order valence-corrected chi connectivity index (χ0v) is 11.0. The van der Waals surface area contributed by atoms with Crippen molar-refractivity contribution >= 4 is 29.1 Å². The van der Waals surface area contributed by atoms with Gasteiger partial charge in [-0.25, -0.2) is 0 Å². The molecule has 0 atom stereocenters. The Balaban J connectivity index is 2.29. The fourth-order valence-corrected chi connectivity index (χ4v) is 2.76. The lowest BCUT2D eigenvalue weighted by molar-refractivity contribution is 0.735. The van der Waals surface area contributed by atoms with E-state index in [1.54, 1.807) is 11.8 Å². The molecule has 0 saturated carbocycles. The lowest BCUT2D eigenvalue weighted by Gasteiger charge is -2.06. The van der Waals surface area contributed by atoms with Gasteiger partial charge in [-0.15, -0.1) is 18.3 Å². The van der Waals surface area contributed by atoms with Crippen LogP contribution in [0.25, 0.3) is 0 Å². The van der Waals surface area contributed by atoms with Gasteiger partial charge in [0.05, 0.1) is 5.02 Å². The largest absolute Gasteiger partial charge is 0.398 e. The number of nitrogens with two attached hydrogens (primary N) is 1. The fraction of sp³-hybridized carbons (Fsp3) is 0.385. The molecule has 0 bridgehead atoms. The molecule has 0 radical (unpaired) electrons. The number of hydrogen-bond donors (Lipinski definition) is 1. The minimum Gasteiger partial charge on any atom is -0.398 e. The van der Waals surface area contributed by atoms with Crippen molar-refractivity contribution in [3.05, 3.63) is 35.9 Å². The highest BCUT2D eigenvalue weighted by Gasteiger charge is 2.04. The van der Waals surface area contributed by atoms with Crippen molar-refractivity contribution < 1.29 is 0 Å². The van der Waals surface area contributed by atoms with E-state index >= 15 is 0 Å². The summed E-state index contributed by atoms with van der Waals surface area (Å²) in [4.78, 5) is 1.02. The predicted octanol–water partition coefficient (Wildman–Crippen LogP) is 4.76. The third kappa shape index (κ3) is 4.50. The summed E-state index contributed by atoms with van der Waals surface area (Å²) >= 11 is 7.83. The molecule has 1 aromatic carbocycles. The topological polar surface area (TPSA) is 26.0 Å². The molecule has 0 amide bonds. The van der Waals surface area contributed by atoms with Gasteiger partial charge in [0, 0.05) is 10.6 Å². The van der Waals surface area contributed by atoms with Crippen molar-refractivity contribution in [1.29, 1.82) is 0 Å². The molecule has 2 N–H and O–H groups in total. The Bertz CT molecular complexity index is 318. The molecule has 1 nitrogen and oxygen atoms in total. The Morgan fingerprint density at radius 3 is 2.81 bits per heavy atom. The minimum atomic E-state index is 0.760. The number of unbranched alkanes of at least 4 members (excludes halogenated alkanes) is 3. The lowest BCUT2D eigenvalue weighted by atomic mass is 10.2. The van der Waals surface area contributed by atoms with Gasteiger partial charge in [0.2, 0.25) is 0 Å². The van der Waals surface area contributed by atoms with E-state index in [2.05, 4.69) is 6.58 Å². The smallest absolute Gasteiger partial charge is 0.0562 e. The monoisotopic (exact) mass is 255 g/mol. The highest BCUT2D eigenvalue weighted by Crippen LogP contribution is 2.32. The molecule has 1 aromatic rings. The zero-order valence-electron chi connectivity index (χ0n) is 9.42. The minimum absolute atomic E-state index is 0.760. The van der Waals surface area contributed by atoms with Crippen molar-refractivity contribution in [2.75, 3.05) is 11.5 Å². The second kappa shape index (κ2) is 7.64. The number of benzene rings is 1. The summed E-state index contributed by atoms with van der Waals surface area (Å²) < 4.78 is 0. The van der Waals surface area contributed by atoms with Gasteiger partial charge >= 0.3 is 0 Å². The highest BCUT2D eigenvalue weighted by molar-refractivity contribution is 7.99. The zero-order chi connectivity index (χ0) is 11.8. The fourth-order valence-electron chi connectivity index (χ4n) is 1.42. The molecule has 0 aliphatic heterocycles. The average Bonchev–Trinajstić information content (AvgIpc) is 2.26. The molecule has 0 heterocycles. The van der Waals surface area contributed by atoms with E-state index in [-0.39, 0.29) is 0 Å². The van der Waals surface area contributed by atoms with E-state index < -0.39 is 0 Å². The number of halogens is 1. The Labute approximate surface area is 107 Å². The third-order valence-corrected chi connectivity index (χ3v) is 3.96. The second-order valence-electron chi connectivity index (χ2n) is 3.64. The second-order valence-corrected chi connectivity index (χ2v) is 5.16. The van der Waals surface area contributed by atoms with Crippen molar-refractivity contribution in [1.82, 2.24) is 0 Å². The number of thioether (sulfide) groups is 1. The predicted molar refractivity (Wildman–Crippen MR) is 75.3 cm³/mol. The maximum Gasteiger partial charge on any atom is 0.0562 e. The van der Waals surface area contributed by atoms with E-state index in [4.69, 9.17) is 17.3 Å². The first-order valence-electron chi connectivity index (χ1n) is 5.53. The molecule has 0 aliphatic carbocycles. The standard InChI is InChI=1S/C13H18ClNS/c1-2-3-4-5-6-10-16-13-11(14)8-7-9-12(13)15/h2,7-9H,1,3-6,10,15H2. The van der Waals surface area contributed by atoms with Gasteiger partial charge in [0.15, 0.2) is 0 Å². The van der Waals surface area contributed by atoms with Crippen LogP contribution in [0.2, 0.25) is 5.02 Å². The Morgan fingerprint density at radius 2 is 2.12 bits per heavy atom. The summed E-state index contributed by atoms with van der Waals surface area (Å²) in [5, 5.41) is 0.760. The molecule has 1 rings (SSSR count). The lowest BCUT2D eigenvalue weighted by Crippen LogP contribution is -1.90. The molecule has 0 saturated heterocycles. The van der Waals surface area contributed by atoms with Crippen LogP contribution in [0.5, 0.6) is 0 Å². The van der Waals surface area contributed by atoms with E-state index in [0.29, 0.717) is 0 Å². The van der Waals surface area contributed by atoms with Gasteiger partial charge in [0.1, 0.15) is 0 Å². The molecular formula is C13H18ClNS. The van der Waals surface area contributed by atoms with Gasteiger partial charge in [-0.3, -0.25) is 0 Å². The van der Waals surface area contributed by atoms with Crippen LogP contribution >= 0.6 is 23.4 Å². The summed E-state index contributed by atoms with van der Waals surface area (Å²) in [5.41, 5.74) is 6.65. The molecule has 0 aromatic heterocycles. The summed E-state index contributed by atoms with van der Waals surface area (Å²) in [6, 6.07) is 5.66. The summed E-state index contributed by atoms with van der Waals surface area (Å²) in [6.45, 7) is 3.71. The number of nitrogen functional groups attached to an aromatic ring is 1. The van der Waals surface area contributed by atoms with Crippen LogP contribution in [-0.2, 0) is 0 Å². The van der Waals surface area contributed by atoms with Gasteiger partial charge in [-0.2, -0.15) is 0 Å². The maximum absolute atomic E-state index is 6.08. The normalized spacial score (nSPS) is 10.3. The first kappa shape index (κ1) is 13.5. The SMILES string of the molecule is C=CCCCCCSc1c(N)cccc1Cl. The summed E-state index contributed by atoms with van der Waals surface area (Å²) in [7, 11) is 0. The van der Waals surface area contributed by atoms with E-state index in [9.17, 15) is 0 Å². The summed E-state index contributed by atoms with van der Waals surface area (Å²) in [6.07, 6.45) is 6.74.